The van der Waals surface area contributed by atoms with Crippen molar-refractivity contribution in [3.05, 3.63) is 28.8 Å². The van der Waals surface area contributed by atoms with Crippen LogP contribution in [0.15, 0.2) is 18.2 Å². The van der Waals surface area contributed by atoms with Gasteiger partial charge in [-0.05, 0) is 31.2 Å². The Morgan fingerprint density at radius 3 is 2.82 bits per heavy atom. The molecule has 0 saturated heterocycles. The summed E-state index contributed by atoms with van der Waals surface area (Å²) in [6.07, 6.45) is 0.603. The van der Waals surface area contributed by atoms with E-state index in [1.807, 2.05) is 0 Å². The molecule has 0 radical (unpaired) electrons. The van der Waals surface area contributed by atoms with Crippen molar-refractivity contribution in [2.75, 3.05) is 13.2 Å². The van der Waals surface area contributed by atoms with E-state index < -0.39 is 6.61 Å². The SMILES string of the molecule is OCCCNCc1cc(Cl)ccc1OC(F)F. The first-order chi connectivity index (χ1) is 8.13. The van der Waals surface area contributed by atoms with E-state index in [-0.39, 0.29) is 12.4 Å². The molecule has 0 spiro atoms. The quantitative estimate of drug-likeness (QED) is 0.744. The minimum Gasteiger partial charge on any atom is -0.434 e. The Kier molecular flexibility index (Phi) is 6.18. The molecule has 0 aromatic heterocycles. The monoisotopic (exact) mass is 265 g/mol. The number of nitrogens with one attached hydrogen (secondary N) is 1. The summed E-state index contributed by atoms with van der Waals surface area (Å²) in [6, 6.07) is 4.49. The first-order valence-corrected chi connectivity index (χ1v) is 5.56. The molecule has 1 rings (SSSR count). The lowest BCUT2D eigenvalue weighted by Gasteiger charge is -2.11. The second kappa shape index (κ2) is 7.42. The van der Waals surface area contributed by atoms with Gasteiger partial charge in [0.05, 0.1) is 0 Å². The summed E-state index contributed by atoms with van der Waals surface area (Å²) in [5.74, 6) is 0.112. The molecule has 17 heavy (non-hydrogen) atoms. The van der Waals surface area contributed by atoms with Crippen molar-refractivity contribution in [3.63, 3.8) is 0 Å². The first kappa shape index (κ1) is 14.2. The fourth-order valence-corrected chi connectivity index (χ4v) is 1.52. The number of rotatable bonds is 7. The van der Waals surface area contributed by atoms with Crippen LogP contribution in [0, 0.1) is 0 Å². The second-order valence-corrected chi connectivity index (χ2v) is 3.82. The number of aliphatic hydroxyl groups excluding tert-OH is 1. The predicted molar refractivity (Wildman–Crippen MR) is 61.5 cm³/mol. The molecule has 0 unspecified atom stereocenters. The molecule has 0 aliphatic heterocycles. The molecule has 0 atom stereocenters. The van der Waals surface area contributed by atoms with E-state index in [0.717, 1.165) is 0 Å². The third kappa shape index (κ3) is 5.30. The average molecular weight is 266 g/mol. The van der Waals surface area contributed by atoms with Crippen molar-refractivity contribution in [1.82, 2.24) is 5.32 Å². The van der Waals surface area contributed by atoms with Gasteiger partial charge in [-0.25, -0.2) is 0 Å². The molecule has 0 bridgehead atoms. The van der Waals surface area contributed by atoms with Gasteiger partial charge in [-0.15, -0.1) is 0 Å². The summed E-state index contributed by atoms with van der Waals surface area (Å²) in [4.78, 5) is 0. The largest absolute Gasteiger partial charge is 0.434 e. The van der Waals surface area contributed by atoms with Gasteiger partial charge in [-0.2, -0.15) is 8.78 Å². The highest BCUT2D eigenvalue weighted by Crippen LogP contribution is 2.24. The molecule has 0 amide bonds. The normalized spacial score (nSPS) is 10.9. The number of ether oxygens (including phenoxy) is 1. The molecule has 96 valence electrons. The van der Waals surface area contributed by atoms with Crippen molar-refractivity contribution in [2.45, 2.75) is 19.6 Å². The third-order valence-corrected chi connectivity index (χ3v) is 2.30. The van der Waals surface area contributed by atoms with Gasteiger partial charge >= 0.3 is 6.61 Å². The zero-order chi connectivity index (χ0) is 12.7. The van der Waals surface area contributed by atoms with E-state index in [9.17, 15) is 8.78 Å². The maximum Gasteiger partial charge on any atom is 0.387 e. The number of hydrogen-bond donors (Lipinski definition) is 2. The Labute approximate surface area is 103 Å². The molecule has 0 heterocycles. The molecule has 1 aromatic rings. The molecule has 0 aliphatic rings. The predicted octanol–water partition coefficient (Wildman–Crippen LogP) is 2.41. The van der Waals surface area contributed by atoms with Crippen LogP contribution in [-0.2, 0) is 6.54 Å². The van der Waals surface area contributed by atoms with Crippen LogP contribution >= 0.6 is 11.6 Å². The Balaban J connectivity index is 2.63. The van der Waals surface area contributed by atoms with Gasteiger partial charge in [0.15, 0.2) is 0 Å². The van der Waals surface area contributed by atoms with Gasteiger partial charge in [0.1, 0.15) is 5.75 Å². The van der Waals surface area contributed by atoms with Crippen molar-refractivity contribution >= 4 is 11.6 Å². The summed E-state index contributed by atoms with van der Waals surface area (Å²) in [6.45, 7) is -1.81. The van der Waals surface area contributed by atoms with E-state index in [1.165, 1.54) is 12.1 Å². The second-order valence-electron chi connectivity index (χ2n) is 3.38. The van der Waals surface area contributed by atoms with E-state index in [0.29, 0.717) is 30.1 Å². The van der Waals surface area contributed by atoms with Crippen LogP contribution < -0.4 is 10.1 Å². The number of alkyl halides is 2. The van der Waals surface area contributed by atoms with Crippen LogP contribution in [0.2, 0.25) is 5.02 Å². The number of hydrogen-bond acceptors (Lipinski definition) is 3. The summed E-state index contributed by atoms with van der Waals surface area (Å²) < 4.78 is 28.6. The Bertz CT molecular complexity index is 350. The van der Waals surface area contributed by atoms with Gasteiger partial charge in [-0.1, -0.05) is 11.6 Å². The lowest BCUT2D eigenvalue weighted by molar-refractivity contribution is -0.0504. The van der Waals surface area contributed by atoms with Gasteiger partial charge in [0.25, 0.3) is 0 Å². The minimum absolute atomic E-state index is 0.0862. The van der Waals surface area contributed by atoms with Crippen molar-refractivity contribution in [3.8, 4) is 5.75 Å². The van der Waals surface area contributed by atoms with Crippen LogP contribution in [0.4, 0.5) is 8.78 Å². The topological polar surface area (TPSA) is 41.5 Å². The highest BCUT2D eigenvalue weighted by molar-refractivity contribution is 6.30. The number of benzene rings is 1. The van der Waals surface area contributed by atoms with E-state index >= 15 is 0 Å². The highest BCUT2D eigenvalue weighted by atomic mass is 35.5. The smallest absolute Gasteiger partial charge is 0.387 e. The Hall–Kier alpha value is -0.910. The zero-order valence-corrected chi connectivity index (χ0v) is 9.88. The van der Waals surface area contributed by atoms with Crippen LogP contribution in [0.5, 0.6) is 5.75 Å². The van der Waals surface area contributed by atoms with Crippen LogP contribution in [-0.4, -0.2) is 24.9 Å². The fourth-order valence-electron chi connectivity index (χ4n) is 1.32. The molecule has 0 fully saturated rings. The summed E-state index contributed by atoms with van der Waals surface area (Å²) in [7, 11) is 0. The van der Waals surface area contributed by atoms with Gasteiger partial charge in [0.2, 0.25) is 0 Å². The van der Waals surface area contributed by atoms with Crippen LogP contribution in [0.25, 0.3) is 0 Å². The van der Waals surface area contributed by atoms with Crippen LogP contribution in [0.3, 0.4) is 0 Å². The van der Waals surface area contributed by atoms with Gasteiger partial charge < -0.3 is 15.2 Å². The summed E-state index contributed by atoms with van der Waals surface area (Å²) >= 11 is 5.78. The molecule has 0 aliphatic carbocycles. The van der Waals surface area contributed by atoms with Crippen molar-refractivity contribution in [1.29, 1.82) is 0 Å². The summed E-state index contributed by atoms with van der Waals surface area (Å²) in [5, 5.41) is 12.1. The standard InChI is InChI=1S/C11H14ClF2NO2/c12-9-2-3-10(17-11(13)14)8(6-9)7-15-4-1-5-16/h2-3,6,11,15-16H,1,4-5,7H2. The fraction of sp³-hybridized carbons (Fsp3) is 0.455. The van der Waals surface area contributed by atoms with Gasteiger partial charge in [0, 0.05) is 23.7 Å². The Morgan fingerprint density at radius 1 is 1.41 bits per heavy atom. The van der Waals surface area contributed by atoms with Gasteiger partial charge in [-0.3, -0.25) is 0 Å². The van der Waals surface area contributed by atoms with E-state index in [4.69, 9.17) is 16.7 Å². The average Bonchev–Trinajstić information content (AvgIpc) is 2.27. The number of halogens is 3. The first-order valence-electron chi connectivity index (χ1n) is 5.18. The molecule has 0 saturated carbocycles. The van der Waals surface area contributed by atoms with E-state index in [1.54, 1.807) is 6.07 Å². The Morgan fingerprint density at radius 2 is 2.18 bits per heavy atom. The zero-order valence-electron chi connectivity index (χ0n) is 9.13. The third-order valence-electron chi connectivity index (χ3n) is 2.07. The lowest BCUT2D eigenvalue weighted by Crippen LogP contribution is -2.17. The molecule has 3 nitrogen and oxygen atoms in total. The highest BCUT2D eigenvalue weighted by Gasteiger charge is 2.09. The maximum absolute atomic E-state index is 12.1. The molecular formula is C11H14ClF2NO2. The lowest BCUT2D eigenvalue weighted by atomic mass is 10.2. The molecular weight excluding hydrogens is 252 g/mol. The minimum atomic E-state index is -2.85. The molecule has 6 heteroatoms. The van der Waals surface area contributed by atoms with Crippen molar-refractivity contribution < 1.29 is 18.6 Å². The van der Waals surface area contributed by atoms with Crippen LogP contribution in [0.1, 0.15) is 12.0 Å². The van der Waals surface area contributed by atoms with Crippen molar-refractivity contribution in [2.24, 2.45) is 0 Å². The van der Waals surface area contributed by atoms with E-state index in [2.05, 4.69) is 10.1 Å². The summed E-state index contributed by atoms with van der Waals surface area (Å²) in [5.41, 5.74) is 0.565. The molecule has 1 aromatic carbocycles. The maximum atomic E-state index is 12.1. The molecule has 2 N–H and O–H groups in total. The number of aliphatic hydroxyl groups is 1.